The van der Waals surface area contributed by atoms with Crippen molar-refractivity contribution in [3.63, 3.8) is 0 Å². The van der Waals surface area contributed by atoms with E-state index >= 15 is 0 Å². The summed E-state index contributed by atoms with van der Waals surface area (Å²) in [6.07, 6.45) is 3.63. The van der Waals surface area contributed by atoms with Crippen molar-refractivity contribution < 1.29 is 4.74 Å². The summed E-state index contributed by atoms with van der Waals surface area (Å²) in [5, 5.41) is 3.73. The summed E-state index contributed by atoms with van der Waals surface area (Å²) in [7, 11) is 0. The van der Waals surface area contributed by atoms with Crippen molar-refractivity contribution in [2.75, 3.05) is 13.2 Å². The lowest BCUT2D eigenvalue weighted by atomic mass is 9.79. The average Bonchev–Trinajstić information content (AvgIpc) is 2.82. The molecular weight excluding hydrogens is 222 g/mol. The maximum Gasteiger partial charge on any atom is 0.122 e. The molecule has 1 atom stereocenters. The molecule has 2 heteroatoms. The number of nitrogens with one attached hydrogen (secondary N) is 1. The second kappa shape index (κ2) is 5.75. The van der Waals surface area contributed by atoms with Gasteiger partial charge in [-0.2, -0.15) is 0 Å². The third kappa shape index (κ3) is 2.69. The van der Waals surface area contributed by atoms with Gasteiger partial charge >= 0.3 is 0 Å². The van der Waals surface area contributed by atoms with E-state index in [1.54, 1.807) is 0 Å². The minimum atomic E-state index is 0.257. The van der Waals surface area contributed by atoms with Crippen molar-refractivity contribution in [2.24, 2.45) is 5.92 Å². The number of benzene rings is 1. The molecule has 1 aromatic carbocycles. The molecule has 0 aromatic heterocycles. The van der Waals surface area contributed by atoms with Gasteiger partial charge in [0.15, 0.2) is 0 Å². The van der Waals surface area contributed by atoms with E-state index in [1.165, 1.54) is 18.4 Å². The largest absolute Gasteiger partial charge is 0.494 e. The maximum atomic E-state index is 5.74. The van der Waals surface area contributed by atoms with Gasteiger partial charge < -0.3 is 10.1 Å². The highest BCUT2D eigenvalue weighted by atomic mass is 16.5. The summed E-state index contributed by atoms with van der Waals surface area (Å²) in [5.41, 5.74) is 1.59. The second-order valence-electron chi connectivity index (χ2n) is 5.56. The van der Waals surface area contributed by atoms with Crippen LogP contribution in [0.15, 0.2) is 24.3 Å². The second-order valence-corrected chi connectivity index (χ2v) is 5.56. The molecule has 1 aliphatic heterocycles. The van der Waals surface area contributed by atoms with Gasteiger partial charge in [0, 0.05) is 5.54 Å². The molecule has 1 heterocycles. The lowest BCUT2D eigenvalue weighted by Gasteiger charge is -2.34. The predicted molar refractivity (Wildman–Crippen MR) is 76.1 cm³/mol. The van der Waals surface area contributed by atoms with E-state index in [0.29, 0.717) is 5.92 Å². The lowest BCUT2D eigenvalue weighted by Crippen LogP contribution is -2.46. The van der Waals surface area contributed by atoms with Crippen LogP contribution in [0.2, 0.25) is 0 Å². The summed E-state index contributed by atoms with van der Waals surface area (Å²) >= 11 is 0. The number of para-hydroxylation sites is 1. The zero-order valence-corrected chi connectivity index (χ0v) is 11.8. The topological polar surface area (TPSA) is 21.3 Å². The first kappa shape index (κ1) is 13.4. The molecule has 0 spiro atoms. The molecule has 1 N–H and O–H groups in total. The van der Waals surface area contributed by atoms with Gasteiger partial charge in [-0.25, -0.2) is 0 Å². The monoisotopic (exact) mass is 247 g/mol. The van der Waals surface area contributed by atoms with Crippen molar-refractivity contribution in [2.45, 2.75) is 45.6 Å². The molecule has 0 amide bonds. The van der Waals surface area contributed by atoms with Crippen molar-refractivity contribution in [1.29, 1.82) is 0 Å². The summed E-state index contributed by atoms with van der Waals surface area (Å²) in [5.74, 6) is 1.70. The third-order valence-corrected chi connectivity index (χ3v) is 4.16. The molecule has 2 nitrogen and oxygen atoms in total. The molecule has 100 valence electrons. The molecule has 1 fully saturated rings. The van der Waals surface area contributed by atoms with E-state index < -0.39 is 0 Å². The minimum Gasteiger partial charge on any atom is -0.494 e. The van der Waals surface area contributed by atoms with E-state index in [1.807, 2.05) is 6.92 Å². The van der Waals surface area contributed by atoms with Crippen LogP contribution in [-0.2, 0) is 6.42 Å². The Labute approximate surface area is 111 Å². The fourth-order valence-electron chi connectivity index (χ4n) is 2.96. The highest BCUT2D eigenvalue weighted by Gasteiger charge is 2.37. The molecule has 0 saturated carbocycles. The molecule has 1 saturated heterocycles. The first-order valence-corrected chi connectivity index (χ1v) is 7.13. The van der Waals surface area contributed by atoms with E-state index in [9.17, 15) is 0 Å². The van der Waals surface area contributed by atoms with Gasteiger partial charge in [0.25, 0.3) is 0 Å². The molecule has 1 aromatic rings. The highest BCUT2D eigenvalue weighted by molar-refractivity contribution is 5.35. The van der Waals surface area contributed by atoms with Gasteiger partial charge in [-0.15, -0.1) is 0 Å². The van der Waals surface area contributed by atoms with Gasteiger partial charge in [-0.05, 0) is 50.3 Å². The highest BCUT2D eigenvalue weighted by Crippen LogP contribution is 2.33. The summed E-state index contributed by atoms with van der Waals surface area (Å²) in [6.45, 7) is 8.57. The van der Waals surface area contributed by atoms with Crippen molar-refractivity contribution in [3.05, 3.63) is 29.8 Å². The first-order chi connectivity index (χ1) is 8.68. The van der Waals surface area contributed by atoms with Crippen LogP contribution < -0.4 is 10.1 Å². The summed E-state index contributed by atoms with van der Waals surface area (Å²) < 4.78 is 5.74. The molecule has 0 aliphatic carbocycles. The first-order valence-electron chi connectivity index (χ1n) is 7.13. The fourth-order valence-corrected chi connectivity index (χ4v) is 2.96. The van der Waals surface area contributed by atoms with Crippen LogP contribution in [0.3, 0.4) is 0 Å². The number of hydrogen-bond acceptors (Lipinski definition) is 2. The normalized spacial score (nSPS) is 23.6. The fraction of sp³-hybridized carbons (Fsp3) is 0.625. The number of rotatable bonds is 5. The standard InChI is InChI=1S/C16H25NO/c1-4-18-15-9-6-5-8-14(15)12-16(13(2)3)10-7-11-17-16/h5-6,8-9,13,17H,4,7,10-12H2,1-3H3. The van der Waals surface area contributed by atoms with Gasteiger partial charge in [0.2, 0.25) is 0 Å². The van der Waals surface area contributed by atoms with Crippen LogP contribution in [0.4, 0.5) is 0 Å². The molecule has 0 radical (unpaired) electrons. The van der Waals surface area contributed by atoms with Gasteiger partial charge in [0.1, 0.15) is 5.75 Å². The molecule has 18 heavy (non-hydrogen) atoms. The smallest absolute Gasteiger partial charge is 0.122 e. The minimum absolute atomic E-state index is 0.257. The Kier molecular flexibility index (Phi) is 4.28. The van der Waals surface area contributed by atoms with Gasteiger partial charge in [-0.1, -0.05) is 32.0 Å². The van der Waals surface area contributed by atoms with E-state index in [2.05, 4.69) is 43.4 Å². The Morgan fingerprint density at radius 1 is 1.33 bits per heavy atom. The van der Waals surface area contributed by atoms with Gasteiger partial charge in [-0.3, -0.25) is 0 Å². The van der Waals surface area contributed by atoms with Crippen LogP contribution >= 0.6 is 0 Å². The Morgan fingerprint density at radius 2 is 2.11 bits per heavy atom. The molecular formula is C16H25NO. The molecule has 1 unspecified atom stereocenters. The average molecular weight is 247 g/mol. The third-order valence-electron chi connectivity index (χ3n) is 4.16. The lowest BCUT2D eigenvalue weighted by molar-refractivity contribution is 0.263. The van der Waals surface area contributed by atoms with Crippen LogP contribution in [0.1, 0.15) is 39.2 Å². The Morgan fingerprint density at radius 3 is 2.72 bits per heavy atom. The van der Waals surface area contributed by atoms with Crippen molar-refractivity contribution in [3.8, 4) is 5.75 Å². The maximum absolute atomic E-state index is 5.74. The van der Waals surface area contributed by atoms with Crippen LogP contribution in [0.5, 0.6) is 5.75 Å². The Hall–Kier alpha value is -1.02. The molecule has 0 bridgehead atoms. The van der Waals surface area contributed by atoms with Crippen LogP contribution in [0.25, 0.3) is 0 Å². The van der Waals surface area contributed by atoms with Gasteiger partial charge in [0.05, 0.1) is 6.61 Å². The summed E-state index contributed by atoms with van der Waals surface area (Å²) in [6, 6.07) is 8.45. The van der Waals surface area contributed by atoms with E-state index in [-0.39, 0.29) is 5.54 Å². The quantitative estimate of drug-likeness (QED) is 0.861. The molecule has 2 rings (SSSR count). The summed E-state index contributed by atoms with van der Waals surface area (Å²) in [4.78, 5) is 0. The van der Waals surface area contributed by atoms with E-state index in [4.69, 9.17) is 4.74 Å². The zero-order valence-electron chi connectivity index (χ0n) is 11.8. The number of ether oxygens (including phenoxy) is 1. The zero-order chi connectivity index (χ0) is 13.0. The number of hydrogen-bond donors (Lipinski definition) is 1. The molecule has 1 aliphatic rings. The van der Waals surface area contributed by atoms with Crippen molar-refractivity contribution >= 4 is 0 Å². The van der Waals surface area contributed by atoms with E-state index in [0.717, 1.165) is 25.3 Å². The van der Waals surface area contributed by atoms with Crippen LogP contribution in [-0.4, -0.2) is 18.7 Å². The van der Waals surface area contributed by atoms with Crippen LogP contribution in [0, 0.1) is 5.92 Å². The van der Waals surface area contributed by atoms with Crippen molar-refractivity contribution in [1.82, 2.24) is 5.32 Å². The SMILES string of the molecule is CCOc1ccccc1CC1(C(C)C)CCCN1. The predicted octanol–water partition coefficient (Wildman–Crippen LogP) is 3.41. The Balaban J connectivity index is 2.21. The Bertz CT molecular complexity index is 380.